The summed E-state index contributed by atoms with van der Waals surface area (Å²) < 4.78 is 18.8. The number of benzene rings is 2. The Morgan fingerprint density at radius 3 is 2.57 bits per heavy atom. The fourth-order valence-electron chi connectivity index (χ4n) is 2.27. The fourth-order valence-corrected chi connectivity index (χ4v) is 2.27. The van der Waals surface area contributed by atoms with E-state index in [4.69, 9.17) is 4.42 Å². The number of aryl methyl sites for hydroxylation is 2. The zero-order valence-corrected chi connectivity index (χ0v) is 12.9. The first kappa shape index (κ1) is 15.0. The van der Waals surface area contributed by atoms with Crippen LogP contribution in [0.5, 0.6) is 0 Å². The maximum atomic E-state index is 13.1. The lowest BCUT2D eigenvalue weighted by molar-refractivity contribution is 0.0997. The summed E-state index contributed by atoms with van der Waals surface area (Å²) >= 11 is 0. The first-order chi connectivity index (χ1) is 11.0. The second kappa shape index (κ2) is 6.08. The van der Waals surface area contributed by atoms with Crippen molar-refractivity contribution in [3.8, 4) is 11.3 Å². The summed E-state index contributed by atoms with van der Waals surface area (Å²) in [5, 5.41) is 2.61. The lowest BCUT2D eigenvalue weighted by Crippen LogP contribution is -2.10. The third kappa shape index (κ3) is 3.31. The van der Waals surface area contributed by atoms with Gasteiger partial charge in [0.15, 0.2) is 5.76 Å². The Hall–Kier alpha value is -2.88. The van der Waals surface area contributed by atoms with Crippen LogP contribution in [-0.2, 0) is 0 Å². The molecule has 116 valence electrons. The highest BCUT2D eigenvalue weighted by atomic mass is 19.1. The van der Waals surface area contributed by atoms with E-state index in [0.717, 1.165) is 11.1 Å². The van der Waals surface area contributed by atoms with Gasteiger partial charge in [-0.05, 0) is 61.4 Å². The van der Waals surface area contributed by atoms with E-state index in [1.807, 2.05) is 32.0 Å². The predicted molar refractivity (Wildman–Crippen MR) is 88.0 cm³/mol. The van der Waals surface area contributed by atoms with E-state index >= 15 is 0 Å². The third-order valence-corrected chi connectivity index (χ3v) is 3.70. The second-order valence-electron chi connectivity index (χ2n) is 5.43. The summed E-state index contributed by atoms with van der Waals surface area (Å²) in [7, 11) is 0. The van der Waals surface area contributed by atoms with Gasteiger partial charge in [0, 0.05) is 11.3 Å². The molecule has 1 N–H and O–H groups in total. The van der Waals surface area contributed by atoms with Gasteiger partial charge in [0.05, 0.1) is 0 Å². The van der Waals surface area contributed by atoms with Gasteiger partial charge in [0.1, 0.15) is 11.6 Å². The van der Waals surface area contributed by atoms with Crippen molar-refractivity contribution in [2.45, 2.75) is 13.8 Å². The van der Waals surface area contributed by atoms with Gasteiger partial charge in [0.25, 0.3) is 5.91 Å². The van der Waals surface area contributed by atoms with E-state index in [0.29, 0.717) is 11.4 Å². The highest BCUT2D eigenvalue weighted by Gasteiger charge is 2.13. The molecule has 0 unspecified atom stereocenters. The standard InChI is InChI=1S/C19H16FNO2/c1-12-6-7-14(10-13(12)2)17-8-9-18(23-17)19(22)21-16-5-3-4-15(20)11-16/h3-11H,1-2H3,(H,21,22). The molecule has 3 aromatic rings. The van der Waals surface area contributed by atoms with Gasteiger partial charge in [-0.1, -0.05) is 18.2 Å². The van der Waals surface area contributed by atoms with Crippen LogP contribution in [0.1, 0.15) is 21.7 Å². The van der Waals surface area contributed by atoms with E-state index in [-0.39, 0.29) is 5.76 Å². The van der Waals surface area contributed by atoms with Crippen molar-refractivity contribution in [1.29, 1.82) is 0 Å². The van der Waals surface area contributed by atoms with Gasteiger partial charge >= 0.3 is 0 Å². The maximum Gasteiger partial charge on any atom is 0.291 e. The number of furan rings is 1. The molecule has 3 nitrogen and oxygen atoms in total. The topological polar surface area (TPSA) is 42.2 Å². The Kier molecular flexibility index (Phi) is 3.98. The van der Waals surface area contributed by atoms with Crippen molar-refractivity contribution in [3.05, 3.63) is 77.3 Å². The number of amides is 1. The lowest BCUT2D eigenvalue weighted by Gasteiger charge is -2.04. The normalized spacial score (nSPS) is 10.6. The minimum Gasteiger partial charge on any atom is -0.451 e. The van der Waals surface area contributed by atoms with E-state index in [1.54, 1.807) is 18.2 Å². The SMILES string of the molecule is Cc1ccc(-c2ccc(C(=O)Nc3cccc(F)c3)o2)cc1C. The van der Waals surface area contributed by atoms with Crippen LogP contribution >= 0.6 is 0 Å². The van der Waals surface area contributed by atoms with Gasteiger partial charge in [-0.2, -0.15) is 0 Å². The molecule has 1 amide bonds. The Morgan fingerprint density at radius 1 is 1.00 bits per heavy atom. The molecule has 0 atom stereocenters. The molecule has 4 heteroatoms. The molecule has 0 aliphatic rings. The Bertz CT molecular complexity index is 867. The number of carbonyl (C=O) groups excluding carboxylic acids is 1. The molecular formula is C19H16FNO2. The van der Waals surface area contributed by atoms with Crippen molar-refractivity contribution in [2.24, 2.45) is 0 Å². The minimum atomic E-state index is -0.411. The van der Waals surface area contributed by atoms with Crippen LogP contribution < -0.4 is 5.32 Å². The number of hydrogen-bond donors (Lipinski definition) is 1. The molecule has 23 heavy (non-hydrogen) atoms. The summed E-state index contributed by atoms with van der Waals surface area (Å²) in [6.45, 7) is 4.07. The number of hydrogen-bond acceptors (Lipinski definition) is 2. The molecule has 0 saturated carbocycles. The number of halogens is 1. The molecule has 2 aromatic carbocycles. The summed E-state index contributed by atoms with van der Waals surface area (Å²) in [4.78, 5) is 12.2. The highest BCUT2D eigenvalue weighted by Crippen LogP contribution is 2.25. The molecule has 0 fully saturated rings. The van der Waals surface area contributed by atoms with Crippen molar-refractivity contribution in [3.63, 3.8) is 0 Å². The van der Waals surface area contributed by atoms with Crippen molar-refractivity contribution in [2.75, 3.05) is 5.32 Å². The summed E-state index contributed by atoms with van der Waals surface area (Å²) in [6.07, 6.45) is 0. The molecule has 1 aromatic heterocycles. The van der Waals surface area contributed by atoms with Crippen LogP contribution in [0.3, 0.4) is 0 Å². The van der Waals surface area contributed by atoms with Gasteiger partial charge in [-0.25, -0.2) is 4.39 Å². The number of nitrogens with one attached hydrogen (secondary N) is 1. The van der Waals surface area contributed by atoms with Crippen LogP contribution in [0, 0.1) is 19.7 Å². The van der Waals surface area contributed by atoms with Crippen LogP contribution in [0.4, 0.5) is 10.1 Å². The Balaban J connectivity index is 1.81. The predicted octanol–water partition coefficient (Wildman–Crippen LogP) is 4.95. The summed E-state index contributed by atoms with van der Waals surface area (Å²) in [6, 6.07) is 15.1. The smallest absolute Gasteiger partial charge is 0.291 e. The van der Waals surface area contributed by atoms with E-state index in [1.165, 1.54) is 23.8 Å². The van der Waals surface area contributed by atoms with Crippen LogP contribution in [-0.4, -0.2) is 5.91 Å². The zero-order chi connectivity index (χ0) is 16.4. The molecule has 0 radical (unpaired) electrons. The van der Waals surface area contributed by atoms with Crippen LogP contribution in [0.2, 0.25) is 0 Å². The van der Waals surface area contributed by atoms with Crippen molar-refractivity contribution < 1.29 is 13.6 Å². The average Bonchev–Trinajstić information content (AvgIpc) is 3.00. The molecule has 3 rings (SSSR count). The summed E-state index contributed by atoms with van der Waals surface area (Å²) in [5.41, 5.74) is 3.66. The van der Waals surface area contributed by atoms with Crippen molar-refractivity contribution in [1.82, 2.24) is 0 Å². The number of rotatable bonds is 3. The van der Waals surface area contributed by atoms with Crippen LogP contribution in [0.15, 0.2) is 59.0 Å². The lowest BCUT2D eigenvalue weighted by atomic mass is 10.1. The first-order valence-corrected chi connectivity index (χ1v) is 7.27. The first-order valence-electron chi connectivity index (χ1n) is 7.27. The molecule has 0 aliphatic heterocycles. The highest BCUT2D eigenvalue weighted by molar-refractivity contribution is 6.02. The molecular weight excluding hydrogens is 293 g/mol. The molecule has 1 heterocycles. The third-order valence-electron chi connectivity index (χ3n) is 3.70. The Morgan fingerprint density at radius 2 is 1.83 bits per heavy atom. The minimum absolute atomic E-state index is 0.183. The van der Waals surface area contributed by atoms with E-state index in [9.17, 15) is 9.18 Å². The molecule has 0 spiro atoms. The summed E-state index contributed by atoms with van der Waals surface area (Å²) in [5.74, 6) is -0.0104. The van der Waals surface area contributed by atoms with Crippen molar-refractivity contribution >= 4 is 11.6 Å². The van der Waals surface area contributed by atoms with Crippen LogP contribution in [0.25, 0.3) is 11.3 Å². The maximum absolute atomic E-state index is 13.1. The van der Waals surface area contributed by atoms with Gasteiger partial charge in [-0.3, -0.25) is 4.79 Å². The van der Waals surface area contributed by atoms with E-state index in [2.05, 4.69) is 5.32 Å². The van der Waals surface area contributed by atoms with Gasteiger partial charge < -0.3 is 9.73 Å². The quantitative estimate of drug-likeness (QED) is 0.743. The molecule has 0 aliphatic carbocycles. The monoisotopic (exact) mass is 309 g/mol. The number of carbonyl (C=O) groups is 1. The number of anilines is 1. The van der Waals surface area contributed by atoms with E-state index < -0.39 is 11.7 Å². The van der Waals surface area contributed by atoms with Gasteiger partial charge in [-0.15, -0.1) is 0 Å². The molecule has 0 saturated heterocycles. The largest absolute Gasteiger partial charge is 0.451 e. The zero-order valence-electron chi connectivity index (χ0n) is 12.9. The second-order valence-corrected chi connectivity index (χ2v) is 5.43. The fraction of sp³-hybridized carbons (Fsp3) is 0.105. The average molecular weight is 309 g/mol. The van der Waals surface area contributed by atoms with Gasteiger partial charge in [0.2, 0.25) is 0 Å². The molecule has 0 bridgehead atoms. The Labute approximate surface area is 133 Å².